The van der Waals surface area contributed by atoms with Crippen LogP contribution < -0.4 is 5.32 Å². The van der Waals surface area contributed by atoms with Gasteiger partial charge in [-0.05, 0) is 32.1 Å². The summed E-state index contributed by atoms with van der Waals surface area (Å²) in [6.45, 7) is 3.42. The molecule has 26 heavy (non-hydrogen) atoms. The summed E-state index contributed by atoms with van der Waals surface area (Å²) < 4.78 is 5.18. The van der Waals surface area contributed by atoms with E-state index in [1.807, 2.05) is 36.6 Å². The maximum Gasteiger partial charge on any atom is 0.372 e. The molecule has 0 bridgehead atoms. The summed E-state index contributed by atoms with van der Waals surface area (Å²) >= 11 is 1.35. The lowest BCUT2D eigenvalue weighted by molar-refractivity contribution is -0.151. The summed E-state index contributed by atoms with van der Waals surface area (Å²) in [5, 5.41) is 2.22. The second kappa shape index (κ2) is 11.2. The van der Waals surface area contributed by atoms with Crippen LogP contribution in [0.5, 0.6) is 0 Å². The zero-order chi connectivity index (χ0) is 19.5. The maximum absolute atomic E-state index is 12.7. The van der Waals surface area contributed by atoms with Crippen molar-refractivity contribution in [2.24, 2.45) is 0 Å². The SMILES string of the molecule is CS[C@H](C(=O)N[C@@H](CCC(=O)C=[N+]=N)C(=O)OC(C)C)c1ccccc1. The normalized spacial score (nSPS) is 12.6. The van der Waals surface area contributed by atoms with Crippen LogP contribution in [0.25, 0.3) is 0 Å². The zero-order valence-electron chi connectivity index (χ0n) is 15.1. The molecule has 0 heterocycles. The lowest BCUT2D eigenvalue weighted by atomic mass is 10.1. The molecular weight excluding hydrogens is 354 g/mol. The second-order valence-corrected chi connectivity index (χ2v) is 6.78. The molecule has 0 aliphatic rings. The molecule has 0 saturated carbocycles. The van der Waals surface area contributed by atoms with Gasteiger partial charge in [-0.1, -0.05) is 30.3 Å². The number of esters is 1. The molecule has 1 aromatic rings. The first-order valence-electron chi connectivity index (χ1n) is 8.20. The Labute approximate surface area is 157 Å². The largest absolute Gasteiger partial charge is 0.461 e. The fraction of sp³-hybridized carbons (Fsp3) is 0.444. The molecule has 7 nitrogen and oxygen atoms in total. The molecule has 1 aromatic carbocycles. The quantitative estimate of drug-likeness (QED) is 0.281. The Bertz CT molecular complexity index is 672. The number of amides is 1. The molecule has 0 radical (unpaired) electrons. The van der Waals surface area contributed by atoms with Crippen molar-refractivity contribution < 1.29 is 23.9 Å². The Morgan fingerprint density at radius 3 is 2.46 bits per heavy atom. The molecule has 0 aliphatic heterocycles. The molecule has 2 N–H and O–H groups in total. The fourth-order valence-corrected chi connectivity index (χ4v) is 2.97. The number of benzene rings is 1. The summed E-state index contributed by atoms with van der Waals surface area (Å²) in [7, 11) is 0. The predicted molar refractivity (Wildman–Crippen MR) is 99.1 cm³/mol. The van der Waals surface area contributed by atoms with E-state index in [1.165, 1.54) is 11.8 Å². The van der Waals surface area contributed by atoms with E-state index >= 15 is 0 Å². The van der Waals surface area contributed by atoms with Gasteiger partial charge in [0.2, 0.25) is 11.7 Å². The van der Waals surface area contributed by atoms with Gasteiger partial charge in [0.15, 0.2) is 0 Å². The number of hydrogen-bond acceptors (Lipinski definition) is 6. The molecule has 0 aliphatic carbocycles. The summed E-state index contributed by atoms with van der Waals surface area (Å²) in [5.41, 5.74) is 7.49. The Morgan fingerprint density at radius 2 is 1.92 bits per heavy atom. The van der Waals surface area contributed by atoms with E-state index in [1.54, 1.807) is 13.8 Å². The highest BCUT2D eigenvalue weighted by Gasteiger charge is 2.28. The minimum Gasteiger partial charge on any atom is -0.461 e. The van der Waals surface area contributed by atoms with Crippen LogP contribution in [-0.2, 0) is 19.1 Å². The molecule has 1 amide bonds. The molecule has 140 valence electrons. The lowest BCUT2D eigenvalue weighted by Crippen LogP contribution is -2.44. The van der Waals surface area contributed by atoms with Crippen molar-refractivity contribution in [2.45, 2.75) is 44.1 Å². The van der Waals surface area contributed by atoms with E-state index < -0.39 is 17.3 Å². The third kappa shape index (κ3) is 7.21. The molecule has 2 atom stereocenters. The Kier molecular flexibility index (Phi) is 9.33. The smallest absolute Gasteiger partial charge is 0.372 e. The van der Waals surface area contributed by atoms with Crippen molar-refractivity contribution in [2.75, 3.05) is 6.26 Å². The number of carbonyl (C=O) groups excluding carboxylic acids is 3. The Hall–Kier alpha value is -2.44. The number of nitrogens with one attached hydrogen (secondary N) is 2. The number of thioether (sulfide) groups is 1. The van der Waals surface area contributed by atoms with Gasteiger partial charge >= 0.3 is 12.2 Å². The fourth-order valence-electron chi connectivity index (χ4n) is 2.26. The van der Waals surface area contributed by atoms with E-state index in [2.05, 4.69) is 10.1 Å². The van der Waals surface area contributed by atoms with Gasteiger partial charge in [-0.2, -0.15) is 0 Å². The van der Waals surface area contributed by atoms with E-state index in [4.69, 9.17) is 10.3 Å². The summed E-state index contributed by atoms with van der Waals surface area (Å²) in [6.07, 6.45) is 2.42. The number of hydrogen-bond donors (Lipinski definition) is 2. The second-order valence-electron chi connectivity index (χ2n) is 5.84. The molecule has 8 heteroatoms. The molecule has 1 rings (SSSR count). The van der Waals surface area contributed by atoms with Crippen LogP contribution in [-0.4, -0.2) is 47.1 Å². The Morgan fingerprint density at radius 1 is 1.27 bits per heavy atom. The van der Waals surface area contributed by atoms with Crippen LogP contribution in [0.15, 0.2) is 30.3 Å². The van der Waals surface area contributed by atoms with E-state index in [0.717, 1.165) is 11.8 Å². The molecule has 0 unspecified atom stereocenters. The van der Waals surface area contributed by atoms with E-state index in [9.17, 15) is 14.4 Å². The lowest BCUT2D eigenvalue weighted by Gasteiger charge is -2.21. The summed E-state index contributed by atoms with van der Waals surface area (Å²) in [5.74, 6) is -1.30. The van der Waals surface area contributed by atoms with Crippen molar-refractivity contribution in [3.63, 3.8) is 0 Å². The zero-order valence-corrected chi connectivity index (χ0v) is 15.9. The molecule has 0 fully saturated rings. The van der Waals surface area contributed by atoms with Crippen LogP contribution in [0.2, 0.25) is 0 Å². The van der Waals surface area contributed by atoms with Crippen molar-refractivity contribution in [1.82, 2.24) is 5.32 Å². The first-order valence-corrected chi connectivity index (χ1v) is 9.49. The number of Topliss-reactive ketones (excluding diaryl/α,β-unsaturated/α-hetero) is 1. The summed E-state index contributed by atoms with van der Waals surface area (Å²) in [6, 6.07) is 8.30. The van der Waals surface area contributed by atoms with Crippen LogP contribution in [0.4, 0.5) is 0 Å². The van der Waals surface area contributed by atoms with Crippen LogP contribution in [0.1, 0.15) is 37.5 Å². The third-order valence-corrected chi connectivity index (χ3v) is 4.37. The number of ether oxygens (including phenoxy) is 1. The van der Waals surface area contributed by atoms with E-state index in [-0.39, 0.29) is 30.6 Å². The molecular formula is C18H24N3O4S+. The topological polar surface area (TPSA) is 110 Å². The van der Waals surface area contributed by atoms with Gasteiger partial charge < -0.3 is 10.1 Å². The maximum atomic E-state index is 12.7. The van der Waals surface area contributed by atoms with Crippen molar-refractivity contribution >= 4 is 35.6 Å². The minimum atomic E-state index is -0.939. The number of rotatable bonds is 10. The average Bonchev–Trinajstić information content (AvgIpc) is 2.59. The Balaban J connectivity index is 2.87. The van der Waals surface area contributed by atoms with Gasteiger partial charge in [-0.15, -0.1) is 11.8 Å². The first-order chi connectivity index (χ1) is 12.4. The van der Waals surface area contributed by atoms with Crippen LogP contribution in [0, 0.1) is 5.53 Å². The molecule has 0 spiro atoms. The highest BCUT2D eigenvalue weighted by Crippen LogP contribution is 2.26. The molecule has 0 aromatic heterocycles. The highest BCUT2D eigenvalue weighted by atomic mass is 32.2. The predicted octanol–water partition coefficient (Wildman–Crippen LogP) is 2.19. The standard InChI is InChI=1S/C18H23N3O4S/c1-12(2)25-18(24)15(10-9-14(22)11-20-19)21-17(23)16(26-3)13-7-5-4-6-8-13/h4-8,11-12,15-16,19H,9-10H2,1-3H3/p+1/t15-,16-/m0/s1. The van der Waals surface area contributed by atoms with E-state index in [0.29, 0.717) is 0 Å². The average molecular weight is 378 g/mol. The van der Waals surface area contributed by atoms with Gasteiger partial charge in [-0.25, -0.2) is 4.79 Å². The summed E-state index contributed by atoms with van der Waals surface area (Å²) in [4.78, 5) is 39.4. The monoisotopic (exact) mass is 378 g/mol. The van der Waals surface area contributed by atoms with Crippen LogP contribution >= 0.6 is 11.8 Å². The minimum absolute atomic E-state index is 0.0181. The van der Waals surface area contributed by atoms with Gasteiger partial charge in [0, 0.05) is 6.42 Å². The number of ketones is 1. The highest BCUT2D eigenvalue weighted by molar-refractivity contribution is 7.99. The van der Waals surface area contributed by atoms with Crippen molar-refractivity contribution in [3.8, 4) is 0 Å². The van der Waals surface area contributed by atoms with Crippen LogP contribution in [0.3, 0.4) is 0 Å². The van der Waals surface area contributed by atoms with Crippen molar-refractivity contribution in [1.29, 1.82) is 5.53 Å². The number of carbonyl (C=O) groups is 3. The number of nitrogens with zero attached hydrogens (tertiary/aromatic N) is 1. The van der Waals surface area contributed by atoms with Crippen molar-refractivity contribution in [3.05, 3.63) is 35.9 Å². The molecule has 0 saturated heterocycles. The first kappa shape index (κ1) is 21.6. The van der Waals surface area contributed by atoms with Gasteiger partial charge in [0.05, 0.1) is 16.4 Å². The van der Waals surface area contributed by atoms with Gasteiger partial charge in [-0.3, -0.25) is 9.59 Å². The van der Waals surface area contributed by atoms with Gasteiger partial charge in [0.25, 0.3) is 0 Å². The van der Waals surface area contributed by atoms with Gasteiger partial charge in [0.1, 0.15) is 11.3 Å². The third-order valence-electron chi connectivity index (χ3n) is 3.42.